The Balaban J connectivity index is 1.73. The van der Waals surface area contributed by atoms with Crippen LogP contribution in [0.4, 0.5) is 0 Å². The van der Waals surface area contributed by atoms with Crippen LogP contribution in [-0.4, -0.2) is 32.3 Å². The average molecular weight is 393 g/mol. The Hall–Kier alpha value is -1.89. The topological polar surface area (TPSA) is 66.5 Å². The summed E-state index contributed by atoms with van der Waals surface area (Å²) in [5, 5.41) is 0.645. The van der Waals surface area contributed by atoms with E-state index in [1.54, 1.807) is 36.2 Å². The lowest BCUT2D eigenvalue weighted by atomic mass is 10.1. The van der Waals surface area contributed by atoms with E-state index < -0.39 is 10.0 Å². The Morgan fingerprint density at radius 3 is 2.23 bits per heavy atom. The quantitative estimate of drug-likeness (QED) is 0.816. The first kappa shape index (κ1) is 18.9. The summed E-state index contributed by atoms with van der Waals surface area (Å²) in [6, 6.07) is 13.3. The molecule has 1 N–H and O–H groups in total. The number of carbonyl (C=O) groups excluding carboxylic acids is 1. The molecule has 7 heteroatoms. The van der Waals surface area contributed by atoms with Gasteiger partial charge in [0.15, 0.2) is 0 Å². The second-order valence-electron chi connectivity index (χ2n) is 6.56. The SMILES string of the molecule is CC(c1ccc(Cl)cc1)N(C)C(=O)c1ccc(S(=O)(=O)NC2CC2)cc1. The highest BCUT2D eigenvalue weighted by atomic mass is 35.5. The third kappa shape index (κ3) is 4.26. The van der Waals surface area contributed by atoms with Gasteiger partial charge in [-0.1, -0.05) is 23.7 Å². The van der Waals surface area contributed by atoms with Crippen LogP contribution in [0.15, 0.2) is 53.4 Å². The second-order valence-corrected chi connectivity index (χ2v) is 8.71. The third-order valence-electron chi connectivity index (χ3n) is 4.56. The molecular formula is C19H21ClN2O3S. The Morgan fingerprint density at radius 1 is 1.12 bits per heavy atom. The predicted molar refractivity (Wildman–Crippen MR) is 102 cm³/mol. The van der Waals surface area contributed by atoms with Gasteiger partial charge in [-0.05, 0) is 61.7 Å². The van der Waals surface area contributed by atoms with E-state index in [-0.39, 0.29) is 22.9 Å². The molecule has 1 fully saturated rings. The Bertz CT molecular complexity index is 891. The maximum absolute atomic E-state index is 12.7. The maximum Gasteiger partial charge on any atom is 0.254 e. The van der Waals surface area contributed by atoms with Gasteiger partial charge < -0.3 is 4.90 Å². The zero-order valence-electron chi connectivity index (χ0n) is 14.6. The number of sulfonamides is 1. The molecule has 26 heavy (non-hydrogen) atoms. The molecule has 2 aromatic carbocycles. The van der Waals surface area contributed by atoms with Crippen LogP contribution in [0, 0.1) is 0 Å². The summed E-state index contributed by atoms with van der Waals surface area (Å²) in [4.78, 5) is 14.5. The van der Waals surface area contributed by atoms with Crippen LogP contribution in [0.2, 0.25) is 5.02 Å². The van der Waals surface area contributed by atoms with E-state index in [9.17, 15) is 13.2 Å². The van der Waals surface area contributed by atoms with Crippen molar-refractivity contribution in [3.63, 3.8) is 0 Å². The Morgan fingerprint density at radius 2 is 1.69 bits per heavy atom. The first-order valence-corrected chi connectivity index (χ1v) is 10.3. The number of amides is 1. The molecule has 2 aromatic rings. The van der Waals surface area contributed by atoms with Gasteiger partial charge in [-0.2, -0.15) is 0 Å². The molecule has 1 atom stereocenters. The third-order valence-corrected chi connectivity index (χ3v) is 6.35. The summed E-state index contributed by atoms with van der Waals surface area (Å²) >= 11 is 5.91. The minimum absolute atomic E-state index is 0.0488. The molecule has 0 radical (unpaired) electrons. The van der Waals surface area contributed by atoms with E-state index >= 15 is 0 Å². The van der Waals surface area contributed by atoms with Crippen LogP contribution in [0.25, 0.3) is 0 Å². The molecule has 3 rings (SSSR count). The number of carbonyl (C=O) groups is 1. The molecule has 1 amide bonds. The highest BCUT2D eigenvalue weighted by molar-refractivity contribution is 7.89. The van der Waals surface area contributed by atoms with Gasteiger partial charge in [0.1, 0.15) is 0 Å². The summed E-state index contributed by atoms with van der Waals surface area (Å²) in [6.45, 7) is 1.93. The molecule has 0 bridgehead atoms. The van der Waals surface area contributed by atoms with Crippen molar-refractivity contribution in [2.45, 2.75) is 36.7 Å². The van der Waals surface area contributed by atoms with Gasteiger partial charge in [-0.3, -0.25) is 4.79 Å². The molecule has 1 aliphatic carbocycles. The Labute approximate surface area is 159 Å². The minimum Gasteiger partial charge on any atom is -0.335 e. The van der Waals surface area contributed by atoms with Crippen molar-refractivity contribution < 1.29 is 13.2 Å². The molecule has 0 saturated heterocycles. The largest absolute Gasteiger partial charge is 0.335 e. The van der Waals surface area contributed by atoms with Crippen LogP contribution >= 0.6 is 11.6 Å². The lowest BCUT2D eigenvalue weighted by Crippen LogP contribution is -2.30. The first-order valence-electron chi connectivity index (χ1n) is 8.43. The standard InChI is InChI=1S/C19H21ClN2O3S/c1-13(14-3-7-16(20)8-4-14)22(2)19(23)15-5-11-18(12-6-15)26(24,25)21-17-9-10-17/h3-8,11-13,17,21H,9-10H2,1-2H3. The predicted octanol–water partition coefficient (Wildman–Crippen LogP) is 3.61. The van der Waals surface area contributed by atoms with Crippen molar-refractivity contribution in [2.24, 2.45) is 0 Å². The van der Waals surface area contributed by atoms with Crippen molar-refractivity contribution in [1.29, 1.82) is 0 Å². The zero-order chi connectivity index (χ0) is 18.9. The maximum atomic E-state index is 12.7. The van der Waals surface area contributed by atoms with E-state index in [0.29, 0.717) is 10.6 Å². The molecule has 0 aromatic heterocycles. The van der Waals surface area contributed by atoms with Crippen molar-refractivity contribution in [1.82, 2.24) is 9.62 Å². The van der Waals surface area contributed by atoms with Gasteiger partial charge in [0.2, 0.25) is 10.0 Å². The zero-order valence-corrected chi connectivity index (χ0v) is 16.2. The number of rotatable bonds is 6. The molecule has 1 unspecified atom stereocenters. The van der Waals surface area contributed by atoms with E-state index in [0.717, 1.165) is 18.4 Å². The van der Waals surface area contributed by atoms with Crippen LogP contribution in [0.1, 0.15) is 41.7 Å². The van der Waals surface area contributed by atoms with Crippen molar-refractivity contribution in [2.75, 3.05) is 7.05 Å². The van der Waals surface area contributed by atoms with Crippen molar-refractivity contribution in [3.05, 3.63) is 64.7 Å². The normalized spacial score (nSPS) is 15.5. The minimum atomic E-state index is -3.51. The number of hydrogen-bond donors (Lipinski definition) is 1. The van der Waals surface area contributed by atoms with Crippen molar-refractivity contribution in [3.8, 4) is 0 Å². The number of benzene rings is 2. The smallest absolute Gasteiger partial charge is 0.254 e. The lowest BCUT2D eigenvalue weighted by Gasteiger charge is -2.25. The lowest BCUT2D eigenvalue weighted by molar-refractivity contribution is 0.0742. The fourth-order valence-electron chi connectivity index (χ4n) is 2.61. The average Bonchev–Trinajstić information content (AvgIpc) is 3.44. The Kier molecular flexibility index (Phi) is 5.37. The molecule has 1 saturated carbocycles. The monoisotopic (exact) mass is 392 g/mol. The van der Waals surface area contributed by atoms with Crippen LogP contribution in [0.5, 0.6) is 0 Å². The molecule has 0 spiro atoms. The summed E-state index contributed by atoms with van der Waals surface area (Å²) in [7, 11) is -1.79. The molecule has 5 nitrogen and oxygen atoms in total. The fraction of sp³-hybridized carbons (Fsp3) is 0.316. The highest BCUT2D eigenvalue weighted by Gasteiger charge is 2.28. The molecule has 138 valence electrons. The van der Waals surface area contributed by atoms with Gasteiger partial charge in [0.05, 0.1) is 10.9 Å². The molecular weight excluding hydrogens is 372 g/mol. The number of nitrogens with zero attached hydrogens (tertiary/aromatic N) is 1. The van der Waals surface area contributed by atoms with E-state index in [1.165, 1.54) is 12.1 Å². The first-order chi connectivity index (χ1) is 12.3. The molecule has 1 aliphatic rings. The summed E-state index contributed by atoms with van der Waals surface area (Å²) in [5.41, 5.74) is 1.41. The summed E-state index contributed by atoms with van der Waals surface area (Å²) < 4.78 is 27.0. The number of hydrogen-bond acceptors (Lipinski definition) is 3. The van der Waals surface area contributed by atoms with Gasteiger partial charge in [-0.15, -0.1) is 0 Å². The van der Waals surface area contributed by atoms with Gasteiger partial charge >= 0.3 is 0 Å². The highest BCUT2D eigenvalue weighted by Crippen LogP contribution is 2.24. The van der Waals surface area contributed by atoms with E-state index in [2.05, 4.69) is 4.72 Å². The molecule has 0 heterocycles. The number of nitrogens with one attached hydrogen (secondary N) is 1. The van der Waals surface area contributed by atoms with E-state index in [4.69, 9.17) is 11.6 Å². The summed E-state index contributed by atoms with van der Waals surface area (Å²) in [6.07, 6.45) is 1.76. The van der Waals surface area contributed by atoms with Gasteiger partial charge in [-0.25, -0.2) is 13.1 Å². The fourth-order valence-corrected chi connectivity index (χ4v) is 4.04. The van der Waals surface area contributed by atoms with Crippen LogP contribution in [0.3, 0.4) is 0 Å². The van der Waals surface area contributed by atoms with Crippen molar-refractivity contribution >= 4 is 27.5 Å². The summed E-state index contributed by atoms with van der Waals surface area (Å²) in [5.74, 6) is -0.174. The molecule has 0 aliphatic heterocycles. The number of halogens is 1. The van der Waals surface area contributed by atoms with Crippen LogP contribution < -0.4 is 4.72 Å². The van der Waals surface area contributed by atoms with Gasteiger partial charge in [0.25, 0.3) is 5.91 Å². The van der Waals surface area contributed by atoms with E-state index in [1.807, 2.05) is 19.1 Å². The second kappa shape index (κ2) is 7.39. The van der Waals surface area contributed by atoms with Gasteiger partial charge in [0, 0.05) is 23.7 Å². The van der Waals surface area contributed by atoms with Crippen LogP contribution in [-0.2, 0) is 10.0 Å².